The van der Waals surface area contributed by atoms with E-state index in [0.717, 1.165) is 20.0 Å². The van der Waals surface area contributed by atoms with Crippen LogP contribution in [0.25, 0.3) is 11.0 Å². The molecule has 2 N–H and O–H groups in total. The summed E-state index contributed by atoms with van der Waals surface area (Å²) < 4.78 is 7.50. The van der Waals surface area contributed by atoms with Crippen molar-refractivity contribution < 1.29 is 4.74 Å². The normalized spacial score (nSPS) is 10.7. The van der Waals surface area contributed by atoms with Gasteiger partial charge >= 0.3 is 0 Å². The molecule has 2 aromatic carbocycles. The average molecular weight is 395 g/mol. The van der Waals surface area contributed by atoms with Crippen LogP contribution in [0.4, 0.5) is 5.82 Å². The van der Waals surface area contributed by atoms with Gasteiger partial charge in [-0.2, -0.15) is 0 Å². The van der Waals surface area contributed by atoms with Crippen molar-refractivity contribution in [1.29, 1.82) is 0 Å². The molecule has 0 aliphatic rings. The Labute approximate surface area is 132 Å². The Bertz CT molecular complexity index is 792. The highest BCUT2D eigenvalue weighted by atomic mass is 79.9. The number of benzene rings is 2. The smallest absolute Gasteiger partial charge is 0.263 e. The van der Waals surface area contributed by atoms with Crippen molar-refractivity contribution in [1.82, 2.24) is 9.97 Å². The maximum atomic E-state index is 5.89. The van der Waals surface area contributed by atoms with Crippen molar-refractivity contribution in [2.75, 3.05) is 5.73 Å². The van der Waals surface area contributed by atoms with Crippen molar-refractivity contribution in [2.45, 2.75) is 0 Å². The molecule has 0 aliphatic carbocycles. The van der Waals surface area contributed by atoms with Gasteiger partial charge in [0.25, 0.3) is 5.88 Å². The van der Waals surface area contributed by atoms with E-state index in [1.165, 1.54) is 0 Å². The van der Waals surface area contributed by atoms with Gasteiger partial charge in [0.15, 0.2) is 5.82 Å². The molecule has 0 saturated carbocycles. The van der Waals surface area contributed by atoms with Crippen LogP contribution in [0.2, 0.25) is 0 Å². The zero-order valence-corrected chi connectivity index (χ0v) is 13.3. The fourth-order valence-corrected chi connectivity index (χ4v) is 2.86. The summed E-state index contributed by atoms with van der Waals surface area (Å²) in [5, 5.41) is 0. The highest BCUT2D eigenvalue weighted by Crippen LogP contribution is 2.33. The number of fused-ring (bicyclic) bond motifs is 1. The van der Waals surface area contributed by atoms with Crippen LogP contribution in [0.1, 0.15) is 0 Å². The zero-order chi connectivity index (χ0) is 14.1. The second kappa shape index (κ2) is 5.38. The first-order valence-corrected chi connectivity index (χ1v) is 7.37. The van der Waals surface area contributed by atoms with E-state index in [-0.39, 0.29) is 5.82 Å². The molecule has 0 atom stereocenters. The molecular weight excluding hydrogens is 386 g/mol. The van der Waals surface area contributed by atoms with E-state index in [4.69, 9.17) is 10.5 Å². The molecule has 1 heterocycles. The Hall–Kier alpha value is -1.66. The molecule has 0 radical (unpaired) electrons. The Morgan fingerprint density at radius 3 is 2.35 bits per heavy atom. The van der Waals surface area contributed by atoms with Gasteiger partial charge < -0.3 is 10.5 Å². The van der Waals surface area contributed by atoms with Gasteiger partial charge in [-0.05, 0) is 46.3 Å². The number of halogens is 2. The number of nitrogens with zero attached hydrogens (tertiary/aromatic N) is 2. The van der Waals surface area contributed by atoms with E-state index >= 15 is 0 Å². The first-order valence-electron chi connectivity index (χ1n) is 5.78. The highest BCUT2D eigenvalue weighted by molar-refractivity contribution is 9.11. The summed E-state index contributed by atoms with van der Waals surface area (Å²) in [5.41, 5.74) is 7.37. The molecule has 1 aromatic heterocycles. The third kappa shape index (κ3) is 2.62. The quantitative estimate of drug-likeness (QED) is 0.693. The van der Waals surface area contributed by atoms with Crippen LogP contribution in [0.3, 0.4) is 0 Å². The van der Waals surface area contributed by atoms with Crippen LogP contribution in [0, 0.1) is 0 Å². The Morgan fingerprint density at radius 1 is 0.950 bits per heavy atom. The van der Waals surface area contributed by atoms with Crippen molar-refractivity contribution in [2.24, 2.45) is 0 Å². The summed E-state index contributed by atoms with van der Waals surface area (Å²) in [6, 6.07) is 13.1. The fraction of sp³-hybridized carbons (Fsp3) is 0. The van der Waals surface area contributed by atoms with Gasteiger partial charge in [-0.25, -0.2) is 9.97 Å². The number of hydrogen-bond acceptors (Lipinski definition) is 4. The maximum absolute atomic E-state index is 5.89. The minimum absolute atomic E-state index is 0.263. The lowest BCUT2D eigenvalue weighted by molar-refractivity contribution is 0.463. The van der Waals surface area contributed by atoms with Crippen molar-refractivity contribution in [3.05, 3.63) is 51.4 Å². The number of para-hydroxylation sites is 2. The summed E-state index contributed by atoms with van der Waals surface area (Å²) in [7, 11) is 0. The molecular formula is C14H9Br2N3O. The largest absolute Gasteiger partial charge is 0.435 e. The van der Waals surface area contributed by atoms with Crippen molar-refractivity contribution in [3.8, 4) is 11.6 Å². The number of ether oxygens (including phenoxy) is 1. The van der Waals surface area contributed by atoms with Crippen LogP contribution < -0.4 is 10.5 Å². The topological polar surface area (TPSA) is 61.0 Å². The van der Waals surface area contributed by atoms with Crippen LogP contribution in [-0.4, -0.2) is 9.97 Å². The minimum atomic E-state index is 0.263. The predicted molar refractivity (Wildman–Crippen MR) is 85.9 cm³/mol. The minimum Gasteiger partial charge on any atom is -0.435 e. The Kier molecular flexibility index (Phi) is 3.58. The van der Waals surface area contributed by atoms with E-state index in [1.54, 1.807) is 0 Å². The molecule has 100 valence electrons. The molecule has 0 fully saturated rings. The van der Waals surface area contributed by atoms with E-state index < -0.39 is 0 Å². The second-order valence-corrected chi connectivity index (χ2v) is 5.85. The first-order chi connectivity index (χ1) is 9.63. The number of anilines is 1. The van der Waals surface area contributed by atoms with Crippen LogP contribution >= 0.6 is 31.9 Å². The van der Waals surface area contributed by atoms with E-state index in [0.29, 0.717) is 11.6 Å². The zero-order valence-electron chi connectivity index (χ0n) is 10.2. The van der Waals surface area contributed by atoms with Gasteiger partial charge in [-0.1, -0.05) is 28.1 Å². The number of rotatable bonds is 2. The van der Waals surface area contributed by atoms with Crippen LogP contribution in [-0.2, 0) is 0 Å². The van der Waals surface area contributed by atoms with E-state index in [9.17, 15) is 0 Å². The predicted octanol–water partition coefficient (Wildman–Crippen LogP) is 4.53. The lowest BCUT2D eigenvalue weighted by Gasteiger charge is -2.09. The van der Waals surface area contributed by atoms with Gasteiger partial charge in [0.05, 0.1) is 15.5 Å². The summed E-state index contributed by atoms with van der Waals surface area (Å²) >= 11 is 6.83. The van der Waals surface area contributed by atoms with Crippen LogP contribution in [0.15, 0.2) is 51.4 Å². The summed E-state index contributed by atoms with van der Waals surface area (Å²) in [6.07, 6.45) is 0. The summed E-state index contributed by atoms with van der Waals surface area (Å²) in [5.74, 6) is 1.19. The molecule has 0 aliphatic heterocycles. The lowest BCUT2D eigenvalue weighted by atomic mass is 10.3. The molecule has 3 rings (SSSR count). The van der Waals surface area contributed by atoms with Gasteiger partial charge in [-0.3, -0.25) is 0 Å². The standard InChI is InChI=1S/C14H9Br2N3O/c15-8-5-6-12(9(16)7-8)20-14-13(17)18-10-3-1-2-4-11(10)19-14/h1-7H,(H2,17,18). The maximum Gasteiger partial charge on any atom is 0.263 e. The average Bonchev–Trinajstić information content (AvgIpc) is 2.42. The molecule has 0 spiro atoms. The monoisotopic (exact) mass is 393 g/mol. The molecule has 20 heavy (non-hydrogen) atoms. The fourth-order valence-electron chi connectivity index (χ4n) is 1.73. The molecule has 4 nitrogen and oxygen atoms in total. The molecule has 0 saturated heterocycles. The SMILES string of the molecule is Nc1nc2ccccc2nc1Oc1ccc(Br)cc1Br. The van der Waals surface area contributed by atoms with Crippen LogP contribution in [0.5, 0.6) is 11.6 Å². The molecule has 0 bridgehead atoms. The third-order valence-corrected chi connectivity index (χ3v) is 3.78. The molecule has 6 heteroatoms. The summed E-state index contributed by atoms with van der Waals surface area (Å²) in [6.45, 7) is 0. The number of hydrogen-bond donors (Lipinski definition) is 1. The highest BCUT2D eigenvalue weighted by Gasteiger charge is 2.10. The molecule has 3 aromatic rings. The Morgan fingerprint density at radius 2 is 1.65 bits per heavy atom. The van der Waals surface area contributed by atoms with Gasteiger partial charge in [0.2, 0.25) is 0 Å². The van der Waals surface area contributed by atoms with Gasteiger partial charge in [-0.15, -0.1) is 0 Å². The third-order valence-electron chi connectivity index (χ3n) is 2.66. The van der Waals surface area contributed by atoms with Crippen molar-refractivity contribution >= 4 is 48.7 Å². The number of aromatic nitrogens is 2. The first kappa shape index (κ1) is 13.3. The Balaban J connectivity index is 2.03. The number of nitrogens with two attached hydrogens (primary N) is 1. The summed E-state index contributed by atoms with van der Waals surface area (Å²) in [4.78, 5) is 8.68. The lowest BCUT2D eigenvalue weighted by Crippen LogP contribution is -1.99. The van der Waals surface area contributed by atoms with Crippen molar-refractivity contribution in [3.63, 3.8) is 0 Å². The van der Waals surface area contributed by atoms with E-state index in [2.05, 4.69) is 41.8 Å². The number of nitrogen functional groups attached to an aromatic ring is 1. The second-order valence-electron chi connectivity index (χ2n) is 4.08. The van der Waals surface area contributed by atoms with E-state index in [1.807, 2.05) is 42.5 Å². The van der Waals surface area contributed by atoms with Gasteiger partial charge in [0, 0.05) is 4.47 Å². The molecule has 0 unspecified atom stereocenters. The van der Waals surface area contributed by atoms with Gasteiger partial charge in [0.1, 0.15) is 5.75 Å². The molecule has 0 amide bonds.